The van der Waals surface area contributed by atoms with Crippen LogP contribution in [0.5, 0.6) is 0 Å². The van der Waals surface area contributed by atoms with Crippen LogP contribution < -0.4 is 54.8 Å². The minimum absolute atomic E-state index is 0.0325. The number of hydrogen-bond donors (Lipinski definition) is 13. The summed E-state index contributed by atoms with van der Waals surface area (Å²) in [5.74, 6) is -7.08. The smallest absolute Gasteiger partial charge is 0.326 e. The fourth-order valence-electron chi connectivity index (χ4n) is 7.26. The van der Waals surface area contributed by atoms with Gasteiger partial charge in [-0.05, 0) is 62.0 Å². The summed E-state index contributed by atoms with van der Waals surface area (Å²) >= 11 is 5.42. The Morgan fingerprint density at radius 3 is 1.57 bits per heavy atom. The van der Waals surface area contributed by atoms with E-state index >= 15 is 0 Å². The van der Waals surface area contributed by atoms with Gasteiger partial charge in [-0.1, -0.05) is 12.1 Å². The van der Waals surface area contributed by atoms with Gasteiger partial charge in [0.15, 0.2) is 5.11 Å². The highest BCUT2D eigenvalue weighted by Gasteiger charge is 2.28. The topological polar surface area (TPSA) is 421 Å². The number of carbonyl (C=O) groups excluding carboxylic acids is 7. The molecule has 28 heteroatoms. The van der Waals surface area contributed by atoms with Crippen molar-refractivity contribution in [2.45, 2.75) is 69.5 Å². The Bertz CT molecular complexity index is 1960. The van der Waals surface area contributed by atoms with Crippen LogP contribution in [-0.4, -0.2) is 209 Å². The number of carbonyl (C=O) groups is 10. The highest BCUT2D eigenvalue weighted by atomic mass is 32.1. The highest BCUT2D eigenvalue weighted by molar-refractivity contribution is 7.80. The number of primary amides is 4. The third kappa shape index (κ3) is 26.7. The third-order valence-electron chi connectivity index (χ3n) is 10.7. The summed E-state index contributed by atoms with van der Waals surface area (Å²) in [6.45, 7) is 2.82. The largest absolute Gasteiger partial charge is 0.481 e. The molecule has 0 bridgehead atoms. The van der Waals surface area contributed by atoms with Gasteiger partial charge in [0.25, 0.3) is 0 Å². The van der Waals surface area contributed by atoms with Gasteiger partial charge in [-0.25, -0.2) is 14.4 Å². The summed E-state index contributed by atoms with van der Waals surface area (Å²) in [6, 6.07) is 3.03. The average molecular weight is 1010 g/mol. The molecule has 390 valence electrons. The molecule has 27 nitrogen and oxygen atoms in total. The van der Waals surface area contributed by atoms with E-state index in [2.05, 4.69) is 26.6 Å². The van der Waals surface area contributed by atoms with Gasteiger partial charge in [-0.15, -0.1) is 0 Å². The number of benzene rings is 1. The predicted molar refractivity (Wildman–Crippen MR) is 256 cm³/mol. The van der Waals surface area contributed by atoms with Gasteiger partial charge >= 0.3 is 23.9 Å². The minimum Gasteiger partial charge on any atom is -0.481 e. The maximum Gasteiger partial charge on any atom is 0.326 e. The molecule has 0 radical (unpaired) electrons. The van der Waals surface area contributed by atoms with Gasteiger partial charge in [-0.2, -0.15) is 0 Å². The number of carboxylic acids is 3. The Morgan fingerprint density at radius 1 is 0.586 bits per heavy atom. The van der Waals surface area contributed by atoms with Crippen LogP contribution >= 0.6 is 12.2 Å². The highest BCUT2D eigenvalue weighted by Crippen LogP contribution is 2.16. The summed E-state index contributed by atoms with van der Waals surface area (Å²) in [4.78, 5) is 126. The summed E-state index contributed by atoms with van der Waals surface area (Å²) in [5.41, 5.74) is 23.9. The molecule has 0 aromatic heterocycles. The van der Waals surface area contributed by atoms with Crippen molar-refractivity contribution in [1.29, 1.82) is 0 Å². The first-order valence-corrected chi connectivity index (χ1v) is 23.0. The average Bonchev–Trinajstić information content (AvgIpc) is 3.26. The van der Waals surface area contributed by atoms with Crippen molar-refractivity contribution in [3.05, 3.63) is 29.8 Å². The fourth-order valence-corrected chi connectivity index (χ4v) is 7.48. The van der Waals surface area contributed by atoms with Crippen molar-refractivity contribution in [3.8, 4) is 0 Å². The van der Waals surface area contributed by atoms with Crippen LogP contribution in [0.15, 0.2) is 24.3 Å². The second-order valence-corrected chi connectivity index (χ2v) is 17.0. The lowest BCUT2D eigenvalue weighted by Gasteiger charge is -2.38. The summed E-state index contributed by atoms with van der Waals surface area (Å²) < 4.78 is 0. The second kappa shape index (κ2) is 32.1. The molecule has 2 rings (SSSR count). The van der Waals surface area contributed by atoms with Crippen molar-refractivity contribution in [2.75, 3.05) is 96.9 Å². The number of aliphatic carboxylic acids is 3. The van der Waals surface area contributed by atoms with Crippen LogP contribution in [0.1, 0.15) is 50.5 Å². The van der Waals surface area contributed by atoms with E-state index in [4.69, 9.17) is 40.3 Å². The maximum absolute atomic E-state index is 12.4. The number of anilines is 1. The zero-order valence-electron chi connectivity index (χ0n) is 39.0. The Labute approximate surface area is 410 Å². The number of nitrogens with zero attached hydrogens (tertiary/aromatic N) is 4. The van der Waals surface area contributed by atoms with E-state index in [1.807, 2.05) is 49.2 Å². The van der Waals surface area contributed by atoms with E-state index in [0.29, 0.717) is 64.3 Å². The molecule has 0 saturated carbocycles. The van der Waals surface area contributed by atoms with E-state index < -0.39 is 78.4 Å². The predicted octanol–water partition coefficient (Wildman–Crippen LogP) is -4.70. The van der Waals surface area contributed by atoms with Gasteiger partial charge in [-0.3, -0.25) is 53.2 Å². The van der Waals surface area contributed by atoms with Gasteiger partial charge in [0.1, 0.15) is 12.1 Å². The van der Waals surface area contributed by atoms with Gasteiger partial charge in [0, 0.05) is 96.4 Å². The Balaban J connectivity index is 1.84. The Kier molecular flexibility index (Phi) is 27.3. The number of unbranched alkanes of at least 4 members (excludes halogenated alkanes) is 1. The Morgan fingerprint density at radius 2 is 1.06 bits per heavy atom. The maximum atomic E-state index is 12.4. The normalized spacial score (nSPS) is 16.1. The quantitative estimate of drug-likeness (QED) is 0.0265. The molecule has 0 aliphatic carbocycles. The number of nitrogens with one attached hydrogen (secondary N) is 6. The van der Waals surface area contributed by atoms with Crippen molar-refractivity contribution in [1.82, 2.24) is 46.2 Å². The van der Waals surface area contributed by atoms with Crippen molar-refractivity contribution < 1.29 is 63.3 Å². The number of urea groups is 1. The number of carboxylic acid groups (broad SMARTS) is 3. The second-order valence-electron chi connectivity index (χ2n) is 16.6. The van der Waals surface area contributed by atoms with Crippen LogP contribution in [0.3, 0.4) is 0 Å². The molecule has 1 aliphatic heterocycles. The molecule has 1 heterocycles. The van der Waals surface area contributed by atoms with Gasteiger partial charge in [0.2, 0.25) is 35.4 Å². The molecule has 0 spiro atoms. The van der Waals surface area contributed by atoms with Gasteiger partial charge < -0.3 is 70.2 Å². The zero-order chi connectivity index (χ0) is 52.2. The lowest BCUT2D eigenvalue weighted by atomic mass is 10.0. The molecule has 8 amide bonds. The van der Waals surface area contributed by atoms with E-state index in [1.54, 1.807) is 0 Å². The number of thiocarbonyl (C=S) groups is 1. The number of rotatable bonds is 29. The number of hydrogen-bond acceptors (Lipinski definition) is 15. The van der Waals surface area contributed by atoms with Crippen LogP contribution in [-0.2, 0) is 49.6 Å². The van der Waals surface area contributed by atoms with Crippen LogP contribution in [0.2, 0.25) is 0 Å². The molecule has 3 atom stereocenters. The molecular formula is C42H68N14O13S. The van der Waals surface area contributed by atoms with E-state index in [-0.39, 0.29) is 88.6 Å². The summed E-state index contributed by atoms with van der Waals surface area (Å²) in [6.07, 6.45) is -0.144. The monoisotopic (exact) mass is 1010 g/mol. The van der Waals surface area contributed by atoms with Crippen LogP contribution in [0, 0.1) is 0 Å². The zero-order valence-corrected chi connectivity index (χ0v) is 39.8. The third-order valence-corrected chi connectivity index (χ3v) is 11.0. The molecule has 1 aromatic carbocycles. The summed E-state index contributed by atoms with van der Waals surface area (Å²) in [5, 5.41) is 43.2. The van der Waals surface area contributed by atoms with Gasteiger partial charge in [0.05, 0.1) is 26.2 Å². The molecule has 1 aromatic rings. The molecule has 70 heavy (non-hydrogen) atoms. The number of amides is 8. The first kappa shape index (κ1) is 59.4. The first-order valence-electron chi connectivity index (χ1n) is 22.6. The van der Waals surface area contributed by atoms with E-state index in [1.165, 1.54) is 0 Å². The minimum atomic E-state index is -1.53. The van der Waals surface area contributed by atoms with Crippen LogP contribution in [0.4, 0.5) is 10.5 Å². The van der Waals surface area contributed by atoms with Crippen molar-refractivity contribution >= 4 is 82.4 Å². The number of nitrogens with two attached hydrogens (primary N) is 4. The SMILES string of the molecule is NC(=O)CN1CCN(CC(N)=O)CCN(CC(N)=O)[C@H](Cc2ccc(NC(=S)NCCNC(=O)CCC(=O)NCCCC[C@H](NC(=O)NC(CCC(=O)O)C(=O)O)C(=O)O)cc2)CN(CC(N)=O)CC1. The van der Waals surface area contributed by atoms with Crippen molar-refractivity contribution in [2.24, 2.45) is 22.9 Å². The molecule has 1 aliphatic rings. The fraction of sp³-hybridized carbons (Fsp3) is 0.595. The molecule has 1 saturated heterocycles. The van der Waals surface area contributed by atoms with Crippen molar-refractivity contribution in [3.63, 3.8) is 0 Å². The lowest BCUT2D eigenvalue weighted by molar-refractivity contribution is -0.141. The van der Waals surface area contributed by atoms with Crippen LogP contribution in [0.25, 0.3) is 0 Å². The standard InChI is InChI=1S/C42H68N14O13S/c43-32(57)23-53-15-16-54(24-33(44)58)19-20-56(26-35(46)60)29(22-55(18-17-53)25-34(45)59)21-27-4-6-28(7-5-27)50-42(70)49-14-13-48-37(62)10-9-36(61)47-12-2-1-3-30(39(65)66)51-41(69)52-31(40(67)68)8-11-38(63)64/h4-7,29-31H,1-3,8-26H2,(H2,43,57)(H2,44,58)(H2,45,59)(H2,46,60)(H,47,61)(H,48,62)(H,63,64)(H,65,66)(H,67,68)(H2,49,50,70)(H2,51,52,69)/t29-,30+,31?/m1/s1. The summed E-state index contributed by atoms with van der Waals surface area (Å²) in [7, 11) is 0. The first-order chi connectivity index (χ1) is 33.1. The Hall–Kier alpha value is -6.75. The molecule has 1 fully saturated rings. The molecule has 17 N–H and O–H groups in total. The molecular weight excluding hydrogens is 941 g/mol. The lowest BCUT2D eigenvalue weighted by Crippen LogP contribution is -2.54. The van der Waals surface area contributed by atoms with E-state index in [0.717, 1.165) is 5.56 Å². The molecule has 1 unspecified atom stereocenters. The van der Waals surface area contributed by atoms with E-state index in [9.17, 15) is 58.2 Å².